The van der Waals surface area contributed by atoms with Gasteiger partial charge in [-0.15, -0.1) is 0 Å². The molecule has 17 heavy (non-hydrogen) atoms. The summed E-state index contributed by atoms with van der Waals surface area (Å²) in [5, 5.41) is 0. The van der Waals surface area contributed by atoms with Crippen molar-refractivity contribution in [2.75, 3.05) is 6.54 Å². The summed E-state index contributed by atoms with van der Waals surface area (Å²) in [6, 6.07) is 9.02. The predicted octanol–water partition coefficient (Wildman–Crippen LogP) is 2.49. The fourth-order valence-electron chi connectivity index (χ4n) is 2.00. The molecule has 0 aliphatic carbocycles. The summed E-state index contributed by atoms with van der Waals surface area (Å²) < 4.78 is 15.2. The Kier molecular flexibility index (Phi) is 3.59. The van der Waals surface area contributed by atoms with Crippen LogP contribution in [0.15, 0.2) is 36.5 Å². The third-order valence-electron chi connectivity index (χ3n) is 2.97. The van der Waals surface area contributed by atoms with Crippen LogP contribution in [0.4, 0.5) is 4.39 Å². The maximum atomic E-state index is 13.0. The minimum absolute atomic E-state index is 0.180. The van der Waals surface area contributed by atoms with Crippen LogP contribution in [0, 0.1) is 12.7 Å². The number of nitrogens with two attached hydrogens (primary N) is 1. The van der Waals surface area contributed by atoms with E-state index in [0.717, 1.165) is 24.1 Å². The first-order valence-corrected chi connectivity index (χ1v) is 5.80. The highest BCUT2D eigenvalue weighted by atomic mass is 19.1. The van der Waals surface area contributed by atoms with Crippen LogP contribution in [0.25, 0.3) is 0 Å². The number of benzene rings is 1. The molecule has 3 heteroatoms. The lowest BCUT2D eigenvalue weighted by atomic mass is 10.1. The van der Waals surface area contributed by atoms with Crippen molar-refractivity contribution in [2.45, 2.75) is 19.9 Å². The fourth-order valence-corrected chi connectivity index (χ4v) is 2.00. The van der Waals surface area contributed by atoms with Crippen LogP contribution < -0.4 is 5.73 Å². The average Bonchev–Trinajstić information content (AvgIpc) is 2.71. The van der Waals surface area contributed by atoms with Gasteiger partial charge in [0.15, 0.2) is 0 Å². The fraction of sp³-hybridized carbons (Fsp3) is 0.286. The maximum absolute atomic E-state index is 13.0. The van der Waals surface area contributed by atoms with Crippen LogP contribution in [0.2, 0.25) is 0 Å². The van der Waals surface area contributed by atoms with Gasteiger partial charge in [0.05, 0.1) is 0 Å². The van der Waals surface area contributed by atoms with Crippen LogP contribution in [0.5, 0.6) is 0 Å². The van der Waals surface area contributed by atoms with E-state index in [9.17, 15) is 4.39 Å². The lowest BCUT2D eigenvalue weighted by Gasteiger charge is -2.11. The number of hydrogen-bond acceptors (Lipinski definition) is 1. The Labute approximate surface area is 101 Å². The molecule has 0 bridgehead atoms. The third-order valence-corrected chi connectivity index (χ3v) is 2.97. The molecule has 90 valence electrons. The Bertz CT molecular complexity index is 503. The minimum Gasteiger partial charge on any atom is -0.347 e. The SMILES string of the molecule is Cc1cc(F)ccc1Cn1cccc1CCN. The van der Waals surface area contributed by atoms with Crippen LogP contribution in [0.1, 0.15) is 16.8 Å². The molecule has 2 aromatic rings. The molecule has 1 heterocycles. The van der Waals surface area contributed by atoms with E-state index in [-0.39, 0.29) is 5.82 Å². The van der Waals surface area contributed by atoms with Crippen molar-refractivity contribution in [1.29, 1.82) is 0 Å². The van der Waals surface area contributed by atoms with Crippen molar-refractivity contribution in [3.8, 4) is 0 Å². The first-order valence-electron chi connectivity index (χ1n) is 5.80. The molecule has 1 aromatic heterocycles. The van der Waals surface area contributed by atoms with E-state index in [1.165, 1.54) is 11.8 Å². The minimum atomic E-state index is -0.180. The van der Waals surface area contributed by atoms with Crippen LogP contribution in [-0.4, -0.2) is 11.1 Å². The van der Waals surface area contributed by atoms with Crippen LogP contribution in [-0.2, 0) is 13.0 Å². The van der Waals surface area contributed by atoms with E-state index in [4.69, 9.17) is 5.73 Å². The number of aryl methyl sites for hydroxylation is 1. The summed E-state index contributed by atoms with van der Waals surface area (Å²) in [4.78, 5) is 0. The maximum Gasteiger partial charge on any atom is 0.123 e. The molecule has 0 radical (unpaired) electrons. The third kappa shape index (κ3) is 2.74. The van der Waals surface area contributed by atoms with Gasteiger partial charge in [0.2, 0.25) is 0 Å². The summed E-state index contributed by atoms with van der Waals surface area (Å²) >= 11 is 0. The zero-order valence-electron chi connectivity index (χ0n) is 9.99. The quantitative estimate of drug-likeness (QED) is 0.862. The van der Waals surface area contributed by atoms with Gasteiger partial charge in [0, 0.05) is 18.4 Å². The molecule has 2 rings (SSSR count). The van der Waals surface area contributed by atoms with Crippen molar-refractivity contribution >= 4 is 0 Å². The predicted molar refractivity (Wildman–Crippen MR) is 67.4 cm³/mol. The largest absolute Gasteiger partial charge is 0.347 e. The molecule has 0 fully saturated rings. The molecule has 0 atom stereocenters. The van der Waals surface area contributed by atoms with Gasteiger partial charge in [-0.05, 0) is 55.3 Å². The summed E-state index contributed by atoms with van der Waals surface area (Å²) in [6.07, 6.45) is 2.90. The number of hydrogen-bond donors (Lipinski definition) is 1. The number of rotatable bonds is 4. The summed E-state index contributed by atoms with van der Waals surface area (Å²) in [7, 11) is 0. The number of aromatic nitrogens is 1. The Morgan fingerprint density at radius 3 is 2.82 bits per heavy atom. The van der Waals surface area contributed by atoms with E-state index in [2.05, 4.69) is 10.6 Å². The molecule has 2 nitrogen and oxygen atoms in total. The van der Waals surface area contributed by atoms with E-state index in [1.54, 1.807) is 6.07 Å². The van der Waals surface area contributed by atoms with E-state index < -0.39 is 0 Å². The highest BCUT2D eigenvalue weighted by Gasteiger charge is 2.04. The normalized spacial score (nSPS) is 10.8. The first kappa shape index (κ1) is 11.9. The van der Waals surface area contributed by atoms with E-state index >= 15 is 0 Å². The second-order valence-corrected chi connectivity index (χ2v) is 4.24. The molecule has 0 aliphatic heterocycles. The molecule has 0 aliphatic rings. The molecule has 0 unspecified atom stereocenters. The summed E-state index contributed by atoms with van der Waals surface area (Å²) in [6.45, 7) is 3.35. The van der Waals surface area contributed by atoms with Crippen LogP contribution >= 0.6 is 0 Å². The van der Waals surface area contributed by atoms with Gasteiger partial charge in [-0.2, -0.15) is 0 Å². The lowest BCUT2D eigenvalue weighted by molar-refractivity contribution is 0.624. The monoisotopic (exact) mass is 232 g/mol. The second kappa shape index (κ2) is 5.15. The zero-order valence-corrected chi connectivity index (χ0v) is 9.99. The summed E-state index contributed by atoms with van der Waals surface area (Å²) in [5.74, 6) is -0.180. The van der Waals surface area contributed by atoms with E-state index in [1.807, 2.05) is 25.3 Å². The van der Waals surface area contributed by atoms with Gasteiger partial charge in [-0.1, -0.05) is 6.07 Å². The molecular formula is C14H17FN2. The Morgan fingerprint density at radius 1 is 1.29 bits per heavy atom. The molecular weight excluding hydrogens is 215 g/mol. The standard InChI is InChI=1S/C14H17FN2/c1-11-9-13(15)5-4-12(11)10-17-8-2-3-14(17)6-7-16/h2-5,8-9H,6-7,10,16H2,1H3. The average molecular weight is 232 g/mol. The molecule has 0 saturated heterocycles. The van der Waals surface area contributed by atoms with Gasteiger partial charge in [-0.3, -0.25) is 0 Å². The van der Waals surface area contributed by atoms with Crippen molar-refractivity contribution in [3.63, 3.8) is 0 Å². The molecule has 0 saturated carbocycles. The number of nitrogens with zero attached hydrogens (tertiary/aromatic N) is 1. The topological polar surface area (TPSA) is 30.9 Å². The molecule has 0 amide bonds. The van der Waals surface area contributed by atoms with Gasteiger partial charge in [0.1, 0.15) is 5.82 Å². The van der Waals surface area contributed by atoms with Gasteiger partial charge >= 0.3 is 0 Å². The van der Waals surface area contributed by atoms with Crippen molar-refractivity contribution in [1.82, 2.24) is 4.57 Å². The van der Waals surface area contributed by atoms with Crippen LogP contribution in [0.3, 0.4) is 0 Å². The second-order valence-electron chi connectivity index (χ2n) is 4.24. The van der Waals surface area contributed by atoms with Gasteiger partial charge < -0.3 is 10.3 Å². The molecule has 2 N–H and O–H groups in total. The van der Waals surface area contributed by atoms with Crippen molar-refractivity contribution in [2.24, 2.45) is 5.73 Å². The summed E-state index contributed by atoms with van der Waals surface area (Å²) in [5.41, 5.74) is 8.91. The van der Waals surface area contributed by atoms with Gasteiger partial charge in [-0.25, -0.2) is 4.39 Å². The first-order chi connectivity index (χ1) is 8.20. The highest BCUT2D eigenvalue weighted by molar-refractivity contribution is 5.27. The van der Waals surface area contributed by atoms with Crippen molar-refractivity contribution < 1.29 is 4.39 Å². The molecule has 0 spiro atoms. The van der Waals surface area contributed by atoms with E-state index in [0.29, 0.717) is 6.54 Å². The Hall–Kier alpha value is -1.61. The Morgan fingerprint density at radius 2 is 2.12 bits per heavy atom. The smallest absolute Gasteiger partial charge is 0.123 e. The Balaban J connectivity index is 2.22. The highest BCUT2D eigenvalue weighted by Crippen LogP contribution is 2.13. The number of halogens is 1. The van der Waals surface area contributed by atoms with Gasteiger partial charge in [0.25, 0.3) is 0 Å². The van der Waals surface area contributed by atoms with Crippen molar-refractivity contribution in [3.05, 3.63) is 59.2 Å². The molecule has 1 aromatic carbocycles. The zero-order chi connectivity index (χ0) is 12.3. The lowest BCUT2D eigenvalue weighted by Crippen LogP contribution is -2.09.